The third-order valence-electron chi connectivity index (χ3n) is 5.90. The Morgan fingerprint density at radius 2 is 1.71 bits per heavy atom. The smallest absolute Gasteiger partial charge is 0.333 e. The number of benzene rings is 3. The lowest BCUT2D eigenvalue weighted by atomic mass is 9.89. The van der Waals surface area contributed by atoms with E-state index in [4.69, 9.17) is 4.74 Å². The number of nitrogens with zero attached hydrogens (tertiary/aromatic N) is 1. The van der Waals surface area contributed by atoms with Gasteiger partial charge in [0.25, 0.3) is 0 Å². The molecular weight excluding hydrogens is 457 g/mol. The van der Waals surface area contributed by atoms with Crippen LogP contribution in [0.4, 0.5) is 4.39 Å². The summed E-state index contributed by atoms with van der Waals surface area (Å²) in [6.45, 7) is 1.84. The molecule has 0 fully saturated rings. The fraction of sp³-hybridized carbons (Fsp3) is 0.192. The Bertz CT molecular complexity index is 1350. The van der Waals surface area contributed by atoms with Gasteiger partial charge in [0.2, 0.25) is 10.0 Å². The van der Waals surface area contributed by atoms with E-state index in [-0.39, 0.29) is 22.5 Å². The molecule has 0 amide bonds. The number of aliphatic carboxylic acids is 1. The van der Waals surface area contributed by atoms with E-state index in [2.05, 4.69) is 0 Å². The first-order valence-corrected chi connectivity index (χ1v) is 12.1. The summed E-state index contributed by atoms with van der Waals surface area (Å²) >= 11 is 0. The molecule has 176 valence electrons. The summed E-state index contributed by atoms with van der Waals surface area (Å²) in [5.74, 6) is -1.30. The van der Waals surface area contributed by atoms with Gasteiger partial charge in [-0.15, -0.1) is 0 Å². The molecule has 4 rings (SSSR count). The van der Waals surface area contributed by atoms with Crippen LogP contribution in [-0.2, 0) is 14.8 Å². The lowest BCUT2D eigenvalue weighted by molar-refractivity contribution is -0.133. The van der Waals surface area contributed by atoms with E-state index in [1.165, 1.54) is 53.9 Å². The van der Waals surface area contributed by atoms with Crippen LogP contribution in [0.3, 0.4) is 0 Å². The number of hydrogen-bond acceptors (Lipinski definition) is 4. The second-order valence-electron chi connectivity index (χ2n) is 8.10. The second kappa shape index (κ2) is 9.40. The highest BCUT2D eigenvalue weighted by molar-refractivity contribution is 7.89. The van der Waals surface area contributed by atoms with Crippen LogP contribution in [0.5, 0.6) is 5.75 Å². The highest BCUT2D eigenvalue weighted by Gasteiger charge is 2.44. The molecule has 1 aliphatic rings. The highest BCUT2D eigenvalue weighted by Crippen LogP contribution is 2.46. The van der Waals surface area contributed by atoms with Crippen LogP contribution in [-0.4, -0.2) is 30.9 Å². The summed E-state index contributed by atoms with van der Waals surface area (Å²) in [5.41, 5.74) is 1.63. The van der Waals surface area contributed by atoms with Gasteiger partial charge in [0.05, 0.1) is 29.7 Å². The van der Waals surface area contributed by atoms with Gasteiger partial charge in [0.1, 0.15) is 11.6 Å². The number of ether oxygens (including phenoxy) is 1. The largest absolute Gasteiger partial charge is 0.497 e. The molecule has 1 aliphatic heterocycles. The Morgan fingerprint density at radius 1 is 1.03 bits per heavy atom. The summed E-state index contributed by atoms with van der Waals surface area (Å²) < 4.78 is 48.8. The maximum atomic E-state index is 14.2. The summed E-state index contributed by atoms with van der Waals surface area (Å²) in [5, 5.41) is 9.97. The van der Waals surface area contributed by atoms with Crippen molar-refractivity contribution < 1.29 is 27.4 Å². The average Bonchev–Trinajstić information content (AvgIpc) is 2.83. The molecular formula is C26H24FNO5S. The molecule has 0 saturated carbocycles. The predicted molar refractivity (Wildman–Crippen MR) is 125 cm³/mol. The van der Waals surface area contributed by atoms with Gasteiger partial charge in [-0.3, -0.25) is 0 Å². The topological polar surface area (TPSA) is 83.9 Å². The summed E-state index contributed by atoms with van der Waals surface area (Å²) in [7, 11) is -2.69. The zero-order chi connectivity index (χ0) is 24.5. The van der Waals surface area contributed by atoms with Crippen molar-refractivity contribution in [1.82, 2.24) is 4.31 Å². The van der Waals surface area contributed by atoms with Gasteiger partial charge in [0.15, 0.2) is 0 Å². The first kappa shape index (κ1) is 23.7. The van der Waals surface area contributed by atoms with Gasteiger partial charge in [-0.25, -0.2) is 17.6 Å². The molecule has 2 atom stereocenters. The molecule has 34 heavy (non-hydrogen) atoms. The Morgan fingerprint density at radius 3 is 2.35 bits per heavy atom. The van der Waals surface area contributed by atoms with E-state index < -0.39 is 33.9 Å². The molecule has 3 aromatic carbocycles. The Hall–Kier alpha value is -3.49. The predicted octanol–water partition coefficient (Wildman–Crippen LogP) is 5.03. The number of halogens is 1. The molecule has 1 N–H and O–H groups in total. The van der Waals surface area contributed by atoms with Crippen LogP contribution in [0.2, 0.25) is 0 Å². The van der Waals surface area contributed by atoms with E-state index in [9.17, 15) is 22.7 Å². The van der Waals surface area contributed by atoms with Crippen molar-refractivity contribution in [2.75, 3.05) is 7.11 Å². The number of hydrogen-bond donors (Lipinski definition) is 1. The van der Waals surface area contributed by atoms with Crippen LogP contribution in [0.25, 0.3) is 0 Å². The van der Waals surface area contributed by atoms with E-state index in [1.54, 1.807) is 36.4 Å². The molecule has 6 nitrogen and oxygen atoms in total. The molecule has 0 aromatic heterocycles. The van der Waals surface area contributed by atoms with Crippen LogP contribution in [0, 0.1) is 12.7 Å². The number of aryl methyl sites for hydroxylation is 1. The lowest BCUT2D eigenvalue weighted by Gasteiger charge is -2.40. The second-order valence-corrected chi connectivity index (χ2v) is 9.94. The summed E-state index contributed by atoms with van der Waals surface area (Å²) in [6.07, 6.45) is 1.65. The van der Waals surface area contributed by atoms with Crippen molar-refractivity contribution in [2.24, 2.45) is 0 Å². The molecule has 8 heteroatoms. The van der Waals surface area contributed by atoms with E-state index >= 15 is 0 Å². The van der Waals surface area contributed by atoms with Crippen molar-refractivity contribution in [1.29, 1.82) is 0 Å². The molecule has 0 aliphatic carbocycles. The Kier molecular flexibility index (Phi) is 6.54. The maximum Gasteiger partial charge on any atom is 0.333 e. The first-order chi connectivity index (χ1) is 16.2. The van der Waals surface area contributed by atoms with Gasteiger partial charge in [0, 0.05) is 0 Å². The molecule has 3 aromatic rings. The molecule has 0 unspecified atom stereocenters. The van der Waals surface area contributed by atoms with Gasteiger partial charge < -0.3 is 9.84 Å². The van der Waals surface area contributed by atoms with Gasteiger partial charge in [-0.1, -0.05) is 48.0 Å². The number of carbonyl (C=O) groups is 1. The van der Waals surface area contributed by atoms with Crippen molar-refractivity contribution in [3.8, 4) is 5.75 Å². The van der Waals surface area contributed by atoms with Crippen molar-refractivity contribution >= 4 is 16.0 Å². The zero-order valence-corrected chi connectivity index (χ0v) is 19.5. The number of sulfonamides is 1. The first-order valence-electron chi connectivity index (χ1n) is 10.7. The fourth-order valence-corrected chi connectivity index (χ4v) is 6.03. The number of rotatable bonds is 6. The van der Waals surface area contributed by atoms with E-state index in [1.807, 2.05) is 6.92 Å². The molecule has 0 bridgehead atoms. The Labute approximate surface area is 198 Å². The molecule has 0 saturated heterocycles. The van der Waals surface area contributed by atoms with Crippen LogP contribution in [0.15, 0.2) is 89.3 Å². The van der Waals surface area contributed by atoms with Gasteiger partial charge in [-0.05, 0) is 60.9 Å². The number of carboxylic acid groups (broad SMARTS) is 1. The van der Waals surface area contributed by atoms with Crippen molar-refractivity contribution in [3.63, 3.8) is 0 Å². The molecule has 0 spiro atoms. The van der Waals surface area contributed by atoms with E-state index in [0.717, 1.165) is 5.56 Å². The van der Waals surface area contributed by atoms with Crippen LogP contribution >= 0.6 is 0 Å². The maximum absolute atomic E-state index is 14.2. The zero-order valence-electron chi connectivity index (χ0n) is 18.7. The average molecular weight is 482 g/mol. The van der Waals surface area contributed by atoms with E-state index in [0.29, 0.717) is 11.3 Å². The number of carboxylic acids is 1. The van der Waals surface area contributed by atoms with Crippen molar-refractivity contribution in [3.05, 3.63) is 107 Å². The third-order valence-corrected chi connectivity index (χ3v) is 7.79. The molecule has 0 radical (unpaired) electrons. The summed E-state index contributed by atoms with van der Waals surface area (Å²) in [6, 6.07) is 16.8. The monoisotopic (exact) mass is 481 g/mol. The molecule has 1 heterocycles. The van der Waals surface area contributed by atoms with Crippen LogP contribution in [0.1, 0.15) is 35.2 Å². The Balaban J connectivity index is 1.98. The third kappa shape index (κ3) is 4.47. The minimum absolute atomic E-state index is 0.0269. The van der Waals surface area contributed by atoms with Crippen LogP contribution < -0.4 is 4.74 Å². The minimum Gasteiger partial charge on any atom is -0.497 e. The standard InChI is InChI=1S/C26H24FNO5S/c1-17-9-11-22(12-10-17)34(31,32)28-24(18-5-4-8-21(16-18)33-2)14-13-23(26(29)30)25(28)19-6-3-7-20(27)15-19/h3-13,15-16,24-25H,14H2,1-2H3,(H,29,30)/t24-,25-/m0/s1. The highest BCUT2D eigenvalue weighted by atomic mass is 32.2. The minimum atomic E-state index is -4.21. The normalized spacial score (nSPS) is 18.9. The van der Waals surface area contributed by atoms with Crippen molar-refractivity contribution in [2.45, 2.75) is 30.3 Å². The van der Waals surface area contributed by atoms with Gasteiger partial charge in [-0.2, -0.15) is 4.31 Å². The SMILES string of the molecule is COc1cccc([C@@H]2CC=C(C(=O)O)[C@H](c3cccc(F)c3)N2S(=O)(=O)c2ccc(C)cc2)c1. The quantitative estimate of drug-likeness (QED) is 0.534. The lowest BCUT2D eigenvalue weighted by Crippen LogP contribution is -2.42. The van der Waals surface area contributed by atoms with Gasteiger partial charge >= 0.3 is 5.97 Å². The summed E-state index contributed by atoms with van der Waals surface area (Å²) in [4.78, 5) is 12.2. The fourth-order valence-electron chi connectivity index (χ4n) is 4.25. The number of methoxy groups -OCH3 is 1.